The Kier molecular flexibility index (Phi) is 6.38. The fourth-order valence-corrected chi connectivity index (χ4v) is 2.12. The molecular weight excluding hydrogens is 245 g/mol. The zero-order chi connectivity index (χ0) is 13.6. The maximum absolute atomic E-state index is 12.0. The Morgan fingerprint density at radius 1 is 1.44 bits per heavy atom. The van der Waals surface area contributed by atoms with E-state index >= 15 is 0 Å². The summed E-state index contributed by atoms with van der Waals surface area (Å²) < 4.78 is 41.4. The van der Waals surface area contributed by atoms with E-state index in [1.54, 1.807) is 0 Å². The Balaban J connectivity index is 2.17. The summed E-state index contributed by atoms with van der Waals surface area (Å²) in [6.07, 6.45) is -1.90. The third kappa shape index (κ3) is 6.56. The summed E-state index contributed by atoms with van der Waals surface area (Å²) in [6.45, 7) is 3.86. The average molecular weight is 268 g/mol. The fourth-order valence-electron chi connectivity index (χ4n) is 2.12. The van der Waals surface area contributed by atoms with E-state index in [9.17, 15) is 13.2 Å². The lowest BCUT2D eigenvalue weighted by Gasteiger charge is -2.31. The van der Waals surface area contributed by atoms with Crippen molar-refractivity contribution in [3.05, 3.63) is 0 Å². The zero-order valence-electron chi connectivity index (χ0n) is 11.1. The molecule has 0 amide bonds. The Morgan fingerprint density at radius 2 is 2.17 bits per heavy atom. The molecule has 0 saturated carbocycles. The van der Waals surface area contributed by atoms with Crippen LogP contribution in [0.2, 0.25) is 0 Å². The van der Waals surface area contributed by atoms with Gasteiger partial charge in [0.15, 0.2) is 0 Å². The van der Waals surface area contributed by atoms with Gasteiger partial charge in [-0.2, -0.15) is 13.2 Å². The number of hydrogen-bond acceptors (Lipinski definition) is 3. The second-order valence-electron chi connectivity index (χ2n) is 5.12. The van der Waals surface area contributed by atoms with Crippen molar-refractivity contribution in [2.24, 2.45) is 5.92 Å². The quantitative estimate of drug-likeness (QED) is 0.796. The third-order valence-corrected chi connectivity index (χ3v) is 3.32. The highest BCUT2D eigenvalue weighted by Crippen LogP contribution is 2.15. The maximum Gasteiger partial charge on any atom is 0.401 e. The average Bonchev–Trinajstić information content (AvgIpc) is 2.28. The predicted octanol–water partition coefficient (Wildman–Crippen LogP) is 1.89. The van der Waals surface area contributed by atoms with Crippen LogP contribution in [-0.4, -0.2) is 57.0 Å². The van der Waals surface area contributed by atoms with Crippen LogP contribution >= 0.6 is 0 Å². The summed E-state index contributed by atoms with van der Waals surface area (Å²) in [4.78, 5) is 2.10. The second kappa shape index (κ2) is 7.31. The summed E-state index contributed by atoms with van der Waals surface area (Å²) >= 11 is 0. The molecule has 3 nitrogen and oxygen atoms in total. The number of halogens is 3. The lowest BCUT2D eigenvalue weighted by atomic mass is 10.0. The van der Waals surface area contributed by atoms with E-state index < -0.39 is 12.7 Å². The largest absolute Gasteiger partial charge is 0.401 e. The highest BCUT2D eigenvalue weighted by molar-refractivity contribution is 4.72. The van der Waals surface area contributed by atoms with Crippen LogP contribution in [0.1, 0.15) is 19.8 Å². The molecule has 1 rings (SSSR count). The SMILES string of the molecule is CC(CNCC(F)(F)F)N(C)CC1CCCOC1. The minimum absolute atomic E-state index is 0.0919. The van der Waals surface area contributed by atoms with Gasteiger partial charge in [0.05, 0.1) is 13.2 Å². The van der Waals surface area contributed by atoms with Crippen molar-refractivity contribution in [1.82, 2.24) is 10.2 Å². The molecule has 1 heterocycles. The van der Waals surface area contributed by atoms with E-state index in [1.807, 2.05) is 14.0 Å². The molecule has 2 unspecified atom stereocenters. The molecule has 0 radical (unpaired) electrons. The van der Waals surface area contributed by atoms with Crippen LogP contribution in [0.4, 0.5) is 13.2 Å². The Hall–Kier alpha value is -0.330. The van der Waals surface area contributed by atoms with Crippen molar-refractivity contribution in [1.29, 1.82) is 0 Å². The van der Waals surface area contributed by atoms with Gasteiger partial charge in [-0.05, 0) is 32.7 Å². The first kappa shape index (κ1) is 15.7. The van der Waals surface area contributed by atoms with Crippen LogP contribution in [-0.2, 0) is 4.74 Å². The molecule has 1 fully saturated rings. The number of likely N-dealkylation sites (N-methyl/N-ethyl adjacent to an activating group) is 1. The zero-order valence-corrected chi connectivity index (χ0v) is 11.1. The second-order valence-corrected chi connectivity index (χ2v) is 5.12. The summed E-state index contributed by atoms with van der Waals surface area (Å²) in [7, 11) is 1.95. The summed E-state index contributed by atoms with van der Waals surface area (Å²) in [5, 5.41) is 2.45. The molecule has 0 aromatic rings. The van der Waals surface area contributed by atoms with Gasteiger partial charge in [0.2, 0.25) is 0 Å². The van der Waals surface area contributed by atoms with Crippen molar-refractivity contribution in [3.63, 3.8) is 0 Å². The minimum Gasteiger partial charge on any atom is -0.381 e. The number of nitrogens with zero attached hydrogens (tertiary/aromatic N) is 1. The van der Waals surface area contributed by atoms with Gasteiger partial charge in [0.1, 0.15) is 0 Å². The number of ether oxygens (including phenoxy) is 1. The normalized spacial score (nSPS) is 23.3. The van der Waals surface area contributed by atoms with Crippen molar-refractivity contribution >= 4 is 0 Å². The van der Waals surface area contributed by atoms with Crippen LogP contribution in [0.5, 0.6) is 0 Å². The molecule has 0 spiro atoms. The fraction of sp³-hybridized carbons (Fsp3) is 1.00. The van der Waals surface area contributed by atoms with Crippen LogP contribution in [0.3, 0.4) is 0 Å². The molecule has 0 bridgehead atoms. The molecule has 1 N–H and O–H groups in total. The van der Waals surface area contributed by atoms with Crippen molar-refractivity contribution in [2.45, 2.75) is 32.0 Å². The van der Waals surface area contributed by atoms with Gasteiger partial charge in [-0.1, -0.05) is 0 Å². The molecule has 0 aromatic carbocycles. The first-order valence-corrected chi connectivity index (χ1v) is 6.44. The van der Waals surface area contributed by atoms with Crippen LogP contribution in [0.15, 0.2) is 0 Å². The smallest absolute Gasteiger partial charge is 0.381 e. The van der Waals surface area contributed by atoms with E-state index in [0.717, 1.165) is 32.6 Å². The topological polar surface area (TPSA) is 24.5 Å². The summed E-state index contributed by atoms with van der Waals surface area (Å²) in [6, 6.07) is 0.0919. The first-order chi connectivity index (χ1) is 8.38. The molecule has 2 atom stereocenters. The third-order valence-electron chi connectivity index (χ3n) is 3.32. The molecule has 1 aliphatic heterocycles. The van der Waals surface area contributed by atoms with E-state index in [-0.39, 0.29) is 6.04 Å². The van der Waals surface area contributed by atoms with E-state index in [1.165, 1.54) is 0 Å². The predicted molar refractivity (Wildman–Crippen MR) is 64.6 cm³/mol. The molecular formula is C12H23F3N2O. The van der Waals surface area contributed by atoms with Gasteiger partial charge in [-0.15, -0.1) is 0 Å². The summed E-state index contributed by atoms with van der Waals surface area (Å²) in [5.41, 5.74) is 0. The first-order valence-electron chi connectivity index (χ1n) is 6.44. The summed E-state index contributed by atoms with van der Waals surface area (Å²) in [5.74, 6) is 0.508. The number of alkyl halides is 3. The highest BCUT2D eigenvalue weighted by Gasteiger charge is 2.27. The van der Waals surface area contributed by atoms with Crippen molar-refractivity contribution in [3.8, 4) is 0 Å². The lowest BCUT2D eigenvalue weighted by Crippen LogP contribution is -2.43. The molecule has 18 heavy (non-hydrogen) atoms. The van der Waals surface area contributed by atoms with Crippen molar-refractivity contribution in [2.75, 3.05) is 39.9 Å². The monoisotopic (exact) mass is 268 g/mol. The van der Waals surface area contributed by atoms with E-state index in [2.05, 4.69) is 10.2 Å². The molecule has 1 aliphatic rings. The van der Waals surface area contributed by atoms with Gasteiger partial charge in [-0.3, -0.25) is 0 Å². The van der Waals surface area contributed by atoms with Gasteiger partial charge in [0, 0.05) is 25.7 Å². The van der Waals surface area contributed by atoms with Gasteiger partial charge in [0.25, 0.3) is 0 Å². The Bertz CT molecular complexity index is 230. The standard InChI is InChI=1S/C12H23F3N2O/c1-10(6-16-9-12(13,14)15)17(2)7-11-4-3-5-18-8-11/h10-11,16H,3-9H2,1-2H3. The lowest BCUT2D eigenvalue weighted by molar-refractivity contribution is -0.125. The van der Waals surface area contributed by atoms with Gasteiger partial charge < -0.3 is 15.0 Å². The molecule has 0 aliphatic carbocycles. The van der Waals surface area contributed by atoms with Gasteiger partial charge in [-0.25, -0.2) is 0 Å². The molecule has 1 saturated heterocycles. The van der Waals surface area contributed by atoms with E-state index in [0.29, 0.717) is 12.5 Å². The molecule has 108 valence electrons. The Morgan fingerprint density at radius 3 is 2.72 bits per heavy atom. The number of rotatable bonds is 6. The van der Waals surface area contributed by atoms with Crippen LogP contribution < -0.4 is 5.32 Å². The van der Waals surface area contributed by atoms with Crippen molar-refractivity contribution < 1.29 is 17.9 Å². The van der Waals surface area contributed by atoms with Gasteiger partial charge >= 0.3 is 6.18 Å². The Labute approximate surface area is 107 Å². The number of nitrogens with one attached hydrogen (secondary N) is 1. The molecule has 6 heteroatoms. The molecule has 0 aromatic heterocycles. The van der Waals surface area contributed by atoms with E-state index in [4.69, 9.17) is 4.74 Å². The maximum atomic E-state index is 12.0. The number of hydrogen-bond donors (Lipinski definition) is 1. The van der Waals surface area contributed by atoms with Crippen LogP contribution in [0.25, 0.3) is 0 Å². The highest BCUT2D eigenvalue weighted by atomic mass is 19.4. The van der Waals surface area contributed by atoms with Crippen LogP contribution in [0, 0.1) is 5.92 Å². The minimum atomic E-state index is -4.13.